The van der Waals surface area contributed by atoms with Crippen molar-refractivity contribution in [3.63, 3.8) is 0 Å². The van der Waals surface area contributed by atoms with Crippen molar-refractivity contribution >= 4 is 46.1 Å². The van der Waals surface area contributed by atoms with Crippen LogP contribution < -0.4 is 9.47 Å². The summed E-state index contributed by atoms with van der Waals surface area (Å²) in [5.41, 5.74) is 2.96. The standard InChI is InChI=1S/C22H18Cl2N4O2S/c1-31-27-12-17(26-14-27)13-30-19-2-3-21-15(9-19)4-6-28(21)18-8-16(11-25)22(20(24)10-18)29-7-5-23/h2-4,6,8-10,12,14H,5,7,13H2,1H3. The molecule has 0 aliphatic carbocycles. The number of rotatable bonds is 8. The quantitative estimate of drug-likeness (QED) is 0.309. The fraction of sp³-hybridized carbons (Fsp3) is 0.182. The molecule has 0 N–H and O–H groups in total. The molecule has 0 aliphatic rings. The molecule has 4 aromatic rings. The van der Waals surface area contributed by atoms with Gasteiger partial charge in [0.2, 0.25) is 0 Å². The maximum atomic E-state index is 9.53. The summed E-state index contributed by atoms with van der Waals surface area (Å²) in [4.78, 5) is 4.32. The van der Waals surface area contributed by atoms with Gasteiger partial charge in [-0.3, -0.25) is 3.97 Å². The Balaban J connectivity index is 1.59. The maximum absolute atomic E-state index is 9.53. The van der Waals surface area contributed by atoms with E-state index in [0.717, 1.165) is 28.0 Å². The van der Waals surface area contributed by atoms with Crippen LogP contribution in [-0.2, 0) is 6.61 Å². The zero-order valence-electron chi connectivity index (χ0n) is 16.6. The molecule has 0 aliphatic heterocycles. The first kappa shape index (κ1) is 21.4. The molecule has 0 saturated carbocycles. The Kier molecular flexibility index (Phi) is 6.62. The third kappa shape index (κ3) is 4.62. The van der Waals surface area contributed by atoms with Gasteiger partial charge < -0.3 is 14.0 Å². The van der Waals surface area contributed by atoms with Crippen LogP contribution in [0.2, 0.25) is 5.02 Å². The molecule has 2 aromatic carbocycles. The Morgan fingerprint density at radius 2 is 2.06 bits per heavy atom. The first-order chi connectivity index (χ1) is 15.1. The zero-order valence-corrected chi connectivity index (χ0v) is 18.9. The Labute approximate surface area is 194 Å². The fourth-order valence-electron chi connectivity index (χ4n) is 3.20. The van der Waals surface area contributed by atoms with Gasteiger partial charge in [0.05, 0.1) is 27.7 Å². The minimum atomic E-state index is 0.280. The minimum absolute atomic E-state index is 0.280. The highest BCUT2D eigenvalue weighted by molar-refractivity contribution is 7.97. The number of aromatic nitrogens is 3. The third-order valence-corrected chi connectivity index (χ3v) is 5.68. The predicted octanol–water partition coefficient (Wildman–Crippen LogP) is 5.67. The van der Waals surface area contributed by atoms with E-state index in [-0.39, 0.29) is 6.61 Å². The van der Waals surface area contributed by atoms with E-state index in [2.05, 4.69) is 11.1 Å². The summed E-state index contributed by atoms with van der Waals surface area (Å²) in [6.07, 6.45) is 7.62. The van der Waals surface area contributed by atoms with Crippen LogP contribution in [0.5, 0.6) is 11.5 Å². The summed E-state index contributed by atoms with van der Waals surface area (Å²) >= 11 is 13.7. The summed E-state index contributed by atoms with van der Waals surface area (Å²) in [6.45, 7) is 0.673. The van der Waals surface area contributed by atoms with Crippen molar-refractivity contribution in [3.05, 3.63) is 71.4 Å². The summed E-state index contributed by atoms with van der Waals surface area (Å²) in [6, 6.07) is 13.5. The van der Waals surface area contributed by atoms with Gasteiger partial charge in [0.25, 0.3) is 0 Å². The number of hydrogen-bond acceptors (Lipinski definition) is 5. The number of alkyl halides is 1. The summed E-state index contributed by atoms with van der Waals surface area (Å²) < 4.78 is 15.3. The van der Waals surface area contributed by atoms with E-state index in [0.29, 0.717) is 28.8 Å². The van der Waals surface area contributed by atoms with E-state index in [1.165, 1.54) is 0 Å². The van der Waals surface area contributed by atoms with Gasteiger partial charge in [0.1, 0.15) is 31.4 Å². The molecule has 0 atom stereocenters. The van der Waals surface area contributed by atoms with Gasteiger partial charge in [-0.15, -0.1) is 11.6 Å². The first-order valence-corrected chi connectivity index (χ1v) is 11.5. The van der Waals surface area contributed by atoms with Gasteiger partial charge in [-0.2, -0.15) is 5.26 Å². The number of ether oxygens (including phenoxy) is 2. The van der Waals surface area contributed by atoms with Crippen LogP contribution in [-0.4, -0.2) is 32.3 Å². The lowest BCUT2D eigenvalue weighted by Crippen LogP contribution is -2.02. The van der Waals surface area contributed by atoms with Crippen LogP contribution in [0, 0.1) is 11.3 Å². The lowest BCUT2D eigenvalue weighted by molar-refractivity contribution is 0.302. The average Bonchev–Trinajstić information content (AvgIpc) is 3.42. The predicted molar refractivity (Wildman–Crippen MR) is 125 cm³/mol. The Hall–Kier alpha value is -2.79. The van der Waals surface area contributed by atoms with Gasteiger partial charge in [-0.1, -0.05) is 11.6 Å². The smallest absolute Gasteiger partial charge is 0.155 e. The monoisotopic (exact) mass is 472 g/mol. The molecule has 0 fully saturated rings. The second kappa shape index (κ2) is 9.56. The summed E-state index contributed by atoms with van der Waals surface area (Å²) in [5, 5.41) is 10.9. The normalized spacial score (nSPS) is 10.9. The molecule has 0 amide bonds. The van der Waals surface area contributed by atoms with Gasteiger partial charge >= 0.3 is 0 Å². The molecule has 0 radical (unpaired) electrons. The van der Waals surface area contributed by atoms with Crippen LogP contribution >= 0.6 is 35.1 Å². The number of nitriles is 1. The van der Waals surface area contributed by atoms with E-state index in [1.807, 2.05) is 51.5 Å². The number of halogens is 2. The average molecular weight is 473 g/mol. The van der Waals surface area contributed by atoms with Crippen molar-refractivity contribution in [1.82, 2.24) is 13.5 Å². The van der Waals surface area contributed by atoms with Gasteiger partial charge in [0.15, 0.2) is 5.75 Å². The van der Waals surface area contributed by atoms with Crippen LogP contribution in [0.4, 0.5) is 0 Å². The van der Waals surface area contributed by atoms with Crippen molar-refractivity contribution in [1.29, 1.82) is 5.26 Å². The molecule has 6 nitrogen and oxygen atoms in total. The highest BCUT2D eigenvalue weighted by atomic mass is 35.5. The summed E-state index contributed by atoms with van der Waals surface area (Å²) in [5.74, 6) is 1.42. The molecular weight excluding hydrogens is 455 g/mol. The second-order valence-electron chi connectivity index (χ2n) is 6.56. The Bertz CT molecular complexity index is 1260. The number of fused-ring (bicyclic) bond motifs is 1. The number of nitrogens with zero attached hydrogens (tertiary/aromatic N) is 4. The van der Waals surface area contributed by atoms with E-state index in [1.54, 1.807) is 30.4 Å². The second-order valence-corrected chi connectivity index (χ2v) is 8.13. The largest absolute Gasteiger partial charge is 0.489 e. The molecule has 0 bridgehead atoms. The minimum Gasteiger partial charge on any atom is -0.489 e. The van der Waals surface area contributed by atoms with E-state index < -0.39 is 0 Å². The number of imidazole rings is 1. The van der Waals surface area contributed by atoms with Gasteiger partial charge in [-0.25, -0.2) is 4.98 Å². The van der Waals surface area contributed by atoms with Crippen LogP contribution in [0.1, 0.15) is 11.3 Å². The SMILES string of the molecule is CSn1cnc(COc2ccc3c(ccn3-c3cc(Cl)c(OCCCl)c(C#N)c3)c2)c1. The Morgan fingerprint density at radius 1 is 1.19 bits per heavy atom. The van der Waals surface area contributed by atoms with Crippen molar-refractivity contribution in [3.8, 4) is 23.3 Å². The van der Waals surface area contributed by atoms with E-state index >= 15 is 0 Å². The van der Waals surface area contributed by atoms with Crippen molar-refractivity contribution in [2.45, 2.75) is 6.61 Å². The maximum Gasteiger partial charge on any atom is 0.155 e. The van der Waals surface area contributed by atoms with E-state index in [9.17, 15) is 5.26 Å². The van der Waals surface area contributed by atoms with Crippen molar-refractivity contribution < 1.29 is 9.47 Å². The first-order valence-electron chi connectivity index (χ1n) is 9.37. The van der Waals surface area contributed by atoms with Gasteiger partial charge in [0, 0.05) is 29.7 Å². The summed E-state index contributed by atoms with van der Waals surface area (Å²) in [7, 11) is 0. The molecule has 4 rings (SSSR count). The lowest BCUT2D eigenvalue weighted by atomic mass is 10.2. The molecule has 0 unspecified atom stereocenters. The molecule has 158 valence electrons. The molecule has 2 aromatic heterocycles. The number of hydrogen-bond donors (Lipinski definition) is 0. The van der Waals surface area contributed by atoms with Crippen molar-refractivity contribution in [2.24, 2.45) is 0 Å². The molecule has 9 heteroatoms. The Morgan fingerprint density at radius 3 is 2.81 bits per heavy atom. The van der Waals surface area contributed by atoms with Crippen LogP contribution in [0.3, 0.4) is 0 Å². The fourth-order valence-corrected chi connectivity index (χ4v) is 3.91. The topological polar surface area (TPSA) is 65.0 Å². The molecular formula is C22H18Cl2N4O2S. The lowest BCUT2D eigenvalue weighted by Gasteiger charge is -2.12. The number of benzene rings is 2. The third-order valence-electron chi connectivity index (χ3n) is 4.62. The molecule has 0 saturated heterocycles. The van der Waals surface area contributed by atoms with Gasteiger partial charge in [-0.05, 0) is 48.3 Å². The van der Waals surface area contributed by atoms with Crippen LogP contribution in [0.15, 0.2) is 55.1 Å². The molecule has 31 heavy (non-hydrogen) atoms. The van der Waals surface area contributed by atoms with Crippen molar-refractivity contribution in [2.75, 3.05) is 18.7 Å². The highest BCUT2D eigenvalue weighted by Gasteiger charge is 2.14. The molecule has 0 spiro atoms. The zero-order chi connectivity index (χ0) is 21.8. The molecule has 2 heterocycles. The van der Waals surface area contributed by atoms with Crippen LogP contribution in [0.25, 0.3) is 16.6 Å². The highest BCUT2D eigenvalue weighted by Crippen LogP contribution is 2.33. The van der Waals surface area contributed by atoms with E-state index in [4.69, 9.17) is 32.7 Å².